The van der Waals surface area contributed by atoms with E-state index in [-0.39, 0.29) is 16.1 Å². The highest BCUT2D eigenvalue weighted by Gasteiger charge is 2.39. The first-order valence-electron chi connectivity index (χ1n) is 8.06. The fourth-order valence-corrected chi connectivity index (χ4v) is 4.97. The largest absolute Gasteiger partial charge is 0.497 e. The van der Waals surface area contributed by atoms with Crippen LogP contribution in [0.3, 0.4) is 0 Å². The maximum atomic E-state index is 13.3. The summed E-state index contributed by atoms with van der Waals surface area (Å²) < 4.78 is 32.6. The van der Waals surface area contributed by atoms with Gasteiger partial charge in [0.25, 0.3) is 15.9 Å². The molecule has 0 bridgehead atoms. The summed E-state index contributed by atoms with van der Waals surface area (Å²) in [5.41, 5.74) is 1.60. The summed E-state index contributed by atoms with van der Waals surface area (Å²) in [6, 6.07) is 17.7. The van der Waals surface area contributed by atoms with Gasteiger partial charge >= 0.3 is 0 Å². The Morgan fingerprint density at radius 2 is 1.74 bits per heavy atom. The van der Waals surface area contributed by atoms with Crippen molar-refractivity contribution in [3.8, 4) is 16.9 Å². The molecule has 136 valence electrons. The summed E-state index contributed by atoms with van der Waals surface area (Å²) in [5, 5.41) is 0.352. The SMILES string of the molecule is COc1ccc2c(c1)-c1ccccc1S(=O)(=O)N2C(=O)c1cccc(Cl)c1. The highest BCUT2D eigenvalue weighted by Crippen LogP contribution is 2.45. The average molecular weight is 400 g/mol. The van der Waals surface area contributed by atoms with Gasteiger partial charge in [-0.1, -0.05) is 35.9 Å². The van der Waals surface area contributed by atoms with Crippen molar-refractivity contribution in [2.45, 2.75) is 4.90 Å². The molecular weight excluding hydrogens is 386 g/mol. The van der Waals surface area contributed by atoms with Crippen LogP contribution in [-0.4, -0.2) is 21.4 Å². The standard InChI is InChI=1S/C20H14ClNO4S/c1-26-15-9-10-18-17(12-15)16-7-2-3-8-19(16)27(24,25)22(18)20(23)13-5-4-6-14(21)11-13/h2-12H,1H3. The Balaban J connectivity index is 1.99. The second-order valence-electron chi connectivity index (χ2n) is 5.96. The number of rotatable bonds is 2. The van der Waals surface area contributed by atoms with Crippen molar-refractivity contribution >= 4 is 33.2 Å². The number of hydrogen-bond acceptors (Lipinski definition) is 4. The normalized spacial score (nSPS) is 14.2. The van der Waals surface area contributed by atoms with E-state index in [0.29, 0.717) is 21.9 Å². The second-order valence-corrected chi connectivity index (χ2v) is 8.16. The van der Waals surface area contributed by atoms with Crippen molar-refractivity contribution in [2.75, 3.05) is 11.4 Å². The first-order chi connectivity index (χ1) is 12.9. The van der Waals surface area contributed by atoms with Gasteiger partial charge in [0.2, 0.25) is 0 Å². The zero-order valence-corrected chi connectivity index (χ0v) is 15.8. The lowest BCUT2D eigenvalue weighted by Crippen LogP contribution is -2.39. The summed E-state index contributed by atoms with van der Waals surface area (Å²) in [6.45, 7) is 0. The zero-order valence-electron chi connectivity index (χ0n) is 14.2. The van der Waals surface area contributed by atoms with Gasteiger partial charge in [0.05, 0.1) is 17.7 Å². The first-order valence-corrected chi connectivity index (χ1v) is 9.88. The Hall–Kier alpha value is -2.83. The number of carbonyl (C=O) groups is 1. The molecule has 27 heavy (non-hydrogen) atoms. The molecule has 0 aromatic heterocycles. The molecule has 0 N–H and O–H groups in total. The Bertz CT molecular complexity index is 1170. The summed E-state index contributed by atoms with van der Waals surface area (Å²) in [4.78, 5) is 13.2. The van der Waals surface area contributed by atoms with Crippen LogP contribution in [0.1, 0.15) is 10.4 Å². The lowest BCUT2D eigenvalue weighted by molar-refractivity contribution is 0.100. The number of sulfonamides is 1. The number of methoxy groups -OCH3 is 1. The predicted octanol–water partition coefficient (Wildman–Crippen LogP) is 4.36. The van der Waals surface area contributed by atoms with Gasteiger partial charge in [-0.3, -0.25) is 4.79 Å². The third-order valence-corrected chi connectivity index (χ3v) is 6.36. The number of anilines is 1. The quantitative estimate of drug-likeness (QED) is 0.642. The van der Waals surface area contributed by atoms with Crippen LogP contribution in [0.4, 0.5) is 5.69 Å². The third-order valence-electron chi connectivity index (χ3n) is 4.37. The van der Waals surface area contributed by atoms with Crippen molar-refractivity contribution in [2.24, 2.45) is 0 Å². The summed E-state index contributed by atoms with van der Waals surface area (Å²) >= 11 is 5.98. The molecule has 1 aliphatic heterocycles. The van der Waals surface area contributed by atoms with Gasteiger partial charge in [-0.2, -0.15) is 4.31 Å². The van der Waals surface area contributed by atoms with Crippen LogP contribution in [0.25, 0.3) is 11.1 Å². The molecule has 1 heterocycles. The van der Waals surface area contributed by atoms with E-state index in [1.807, 2.05) is 0 Å². The van der Waals surface area contributed by atoms with Crippen LogP contribution in [0.2, 0.25) is 5.02 Å². The molecule has 0 radical (unpaired) electrons. The predicted molar refractivity (Wildman–Crippen MR) is 104 cm³/mol. The minimum absolute atomic E-state index is 0.0705. The van der Waals surface area contributed by atoms with Crippen molar-refractivity contribution in [1.29, 1.82) is 0 Å². The van der Waals surface area contributed by atoms with Crippen LogP contribution < -0.4 is 9.04 Å². The van der Waals surface area contributed by atoms with Gasteiger partial charge in [0, 0.05) is 21.7 Å². The van der Waals surface area contributed by atoms with Gasteiger partial charge in [0.15, 0.2) is 0 Å². The molecule has 0 saturated carbocycles. The fourth-order valence-electron chi connectivity index (χ4n) is 3.13. The smallest absolute Gasteiger partial charge is 0.272 e. The van der Waals surface area contributed by atoms with Crippen molar-refractivity contribution < 1.29 is 17.9 Å². The fraction of sp³-hybridized carbons (Fsp3) is 0.0500. The van der Waals surface area contributed by atoms with Crippen molar-refractivity contribution in [1.82, 2.24) is 0 Å². The molecule has 3 aromatic carbocycles. The van der Waals surface area contributed by atoms with Gasteiger partial charge in [0.1, 0.15) is 5.75 Å². The van der Waals surface area contributed by atoms with Crippen LogP contribution in [0, 0.1) is 0 Å². The van der Waals surface area contributed by atoms with Gasteiger partial charge in [-0.15, -0.1) is 0 Å². The molecule has 7 heteroatoms. The molecule has 0 aliphatic carbocycles. The number of fused-ring (bicyclic) bond motifs is 3. The van der Waals surface area contributed by atoms with E-state index in [1.165, 1.54) is 25.3 Å². The maximum absolute atomic E-state index is 13.3. The Labute approximate surface area is 161 Å². The first kappa shape index (κ1) is 17.6. The number of carbonyl (C=O) groups excluding carboxylic acids is 1. The lowest BCUT2D eigenvalue weighted by Gasteiger charge is -2.30. The molecule has 1 aliphatic rings. The van der Waals surface area contributed by atoms with E-state index in [0.717, 1.165) is 4.31 Å². The average Bonchev–Trinajstić information content (AvgIpc) is 2.67. The van der Waals surface area contributed by atoms with E-state index in [4.69, 9.17) is 16.3 Å². The molecule has 0 atom stereocenters. The second kappa shape index (κ2) is 6.40. The molecule has 0 saturated heterocycles. The number of hydrogen-bond donors (Lipinski definition) is 0. The van der Waals surface area contributed by atoms with Crippen LogP contribution in [0.5, 0.6) is 5.75 Å². The molecule has 3 aromatic rings. The van der Waals surface area contributed by atoms with E-state index >= 15 is 0 Å². The van der Waals surface area contributed by atoms with E-state index in [9.17, 15) is 13.2 Å². The molecule has 4 rings (SSSR count). The number of ether oxygens (including phenoxy) is 1. The number of benzene rings is 3. The van der Waals surface area contributed by atoms with Crippen LogP contribution >= 0.6 is 11.6 Å². The molecule has 0 fully saturated rings. The number of nitrogens with zero attached hydrogens (tertiary/aromatic N) is 1. The molecule has 0 spiro atoms. The molecule has 0 unspecified atom stereocenters. The zero-order chi connectivity index (χ0) is 19.2. The topological polar surface area (TPSA) is 63.7 Å². The van der Waals surface area contributed by atoms with E-state index < -0.39 is 15.9 Å². The summed E-state index contributed by atoms with van der Waals surface area (Å²) in [6.07, 6.45) is 0. The minimum Gasteiger partial charge on any atom is -0.497 e. The van der Waals surface area contributed by atoms with Gasteiger partial charge < -0.3 is 4.74 Å². The van der Waals surface area contributed by atoms with E-state index in [1.54, 1.807) is 48.5 Å². The third kappa shape index (κ3) is 2.78. The highest BCUT2D eigenvalue weighted by molar-refractivity contribution is 7.93. The Morgan fingerprint density at radius 1 is 0.963 bits per heavy atom. The number of amides is 1. The molecule has 1 amide bonds. The molecular formula is C20H14ClNO4S. The summed E-state index contributed by atoms with van der Waals surface area (Å²) in [7, 11) is -2.55. The van der Waals surface area contributed by atoms with Crippen LogP contribution in [0.15, 0.2) is 71.6 Å². The molecule has 5 nitrogen and oxygen atoms in total. The van der Waals surface area contributed by atoms with Crippen LogP contribution in [-0.2, 0) is 10.0 Å². The highest BCUT2D eigenvalue weighted by atomic mass is 35.5. The Morgan fingerprint density at radius 3 is 2.48 bits per heavy atom. The monoisotopic (exact) mass is 399 g/mol. The van der Waals surface area contributed by atoms with Crippen molar-refractivity contribution in [3.63, 3.8) is 0 Å². The van der Waals surface area contributed by atoms with Gasteiger partial charge in [-0.05, 0) is 42.5 Å². The van der Waals surface area contributed by atoms with Crippen molar-refractivity contribution in [3.05, 3.63) is 77.3 Å². The number of halogens is 1. The van der Waals surface area contributed by atoms with Gasteiger partial charge in [-0.25, -0.2) is 8.42 Å². The lowest BCUT2D eigenvalue weighted by atomic mass is 10.0. The minimum atomic E-state index is -4.08. The van der Waals surface area contributed by atoms with E-state index in [2.05, 4.69) is 0 Å². The Kier molecular flexibility index (Phi) is 4.17. The maximum Gasteiger partial charge on any atom is 0.272 e. The summed E-state index contributed by atoms with van der Waals surface area (Å²) in [5.74, 6) is -0.101.